The molecule has 7 heteroatoms. The Bertz CT molecular complexity index is 702. The van der Waals surface area contributed by atoms with Gasteiger partial charge in [0.2, 0.25) is 0 Å². The second-order valence-electron chi connectivity index (χ2n) is 4.39. The number of hydrogen-bond acceptors (Lipinski definition) is 2. The number of carbonyl (C=O) groups is 1. The Kier molecular flexibility index (Phi) is 4.40. The molecule has 21 heavy (non-hydrogen) atoms. The Balaban J connectivity index is 2.30. The van der Waals surface area contributed by atoms with Gasteiger partial charge in [-0.2, -0.15) is 0 Å². The molecule has 0 heterocycles. The van der Waals surface area contributed by atoms with Crippen molar-refractivity contribution in [3.05, 3.63) is 59.9 Å². The summed E-state index contributed by atoms with van der Waals surface area (Å²) in [5, 5.41) is 11.3. The third-order valence-corrected chi connectivity index (χ3v) is 4.35. The lowest BCUT2D eigenvalue weighted by molar-refractivity contribution is -0.136. The van der Waals surface area contributed by atoms with Crippen LogP contribution >= 0.6 is 7.52 Å². The smallest absolute Gasteiger partial charge is 0.321 e. The van der Waals surface area contributed by atoms with Crippen LogP contribution in [0.4, 0.5) is 10.1 Å². The van der Waals surface area contributed by atoms with Gasteiger partial charge >= 0.3 is 13.5 Å². The van der Waals surface area contributed by atoms with Crippen molar-refractivity contribution in [2.24, 2.45) is 0 Å². The van der Waals surface area contributed by atoms with Crippen molar-refractivity contribution in [3.8, 4) is 0 Å². The predicted octanol–water partition coefficient (Wildman–Crippen LogP) is 2.38. The van der Waals surface area contributed by atoms with E-state index in [2.05, 4.69) is 5.09 Å². The lowest BCUT2D eigenvalue weighted by Gasteiger charge is -2.17. The number of para-hydroxylation sites is 1. The number of hydrogen-bond donors (Lipinski definition) is 3. The SMILES string of the molecule is O=C(O)Cc1ccccc1NP(=O)(O)c1ccc(F)cc1. The van der Waals surface area contributed by atoms with Crippen molar-refractivity contribution in [1.29, 1.82) is 0 Å². The van der Waals surface area contributed by atoms with Gasteiger partial charge in [0.15, 0.2) is 0 Å². The molecule has 0 aliphatic heterocycles. The fourth-order valence-corrected chi connectivity index (χ4v) is 3.04. The van der Waals surface area contributed by atoms with Gasteiger partial charge in [-0.3, -0.25) is 9.36 Å². The van der Waals surface area contributed by atoms with Crippen LogP contribution in [0.25, 0.3) is 0 Å². The third kappa shape index (κ3) is 3.90. The van der Waals surface area contributed by atoms with E-state index in [1.807, 2.05) is 0 Å². The summed E-state index contributed by atoms with van der Waals surface area (Å²) in [4.78, 5) is 20.9. The normalized spacial score (nSPS) is 13.4. The van der Waals surface area contributed by atoms with Crippen LogP contribution in [-0.2, 0) is 15.8 Å². The van der Waals surface area contributed by atoms with E-state index in [-0.39, 0.29) is 17.4 Å². The van der Waals surface area contributed by atoms with Crippen LogP contribution in [0.1, 0.15) is 5.56 Å². The van der Waals surface area contributed by atoms with E-state index in [0.29, 0.717) is 5.56 Å². The van der Waals surface area contributed by atoms with Crippen LogP contribution in [0.5, 0.6) is 0 Å². The standard InChI is InChI=1S/C14H13FNO4P/c15-11-5-7-12(8-6-11)21(19,20)16-13-4-2-1-3-10(13)9-14(17)18/h1-8H,9H2,(H,17,18)(H2,16,19,20). The van der Waals surface area contributed by atoms with Crippen molar-refractivity contribution in [3.63, 3.8) is 0 Å². The zero-order valence-electron chi connectivity index (χ0n) is 10.9. The Morgan fingerprint density at radius 3 is 2.38 bits per heavy atom. The second-order valence-corrected chi connectivity index (χ2v) is 6.28. The van der Waals surface area contributed by atoms with Gasteiger partial charge in [0.25, 0.3) is 0 Å². The number of halogens is 1. The van der Waals surface area contributed by atoms with Gasteiger partial charge in [0, 0.05) is 5.69 Å². The Hall–Kier alpha value is -2.17. The van der Waals surface area contributed by atoms with Gasteiger partial charge in [-0.25, -0.2) is 4.39 Å². The molecule has 1 unspecified atom stereocenters. The van der Waals surface area contributed by atoms with Gasteiger partial charge in [0.1, 0.15) is 5.82 Å². The minimum absolute atomic E-state index is 0.0361. The molecule has 0 aliphatic rings. The number of anilines is 1. The molecule has 2 aromatic carbocycles. The van der Waals surface area contributed by atoms with E-state index in [9.17, 15) is 18.6 Å². The highest BCUT2D eigenvalue weighted by atomic mass is 31.2. The Labute approximate surface area is 120 Å². The van der Waals surface area contributed by atoms with Crippen LogP contribution in [0.15, 0.2) is 48.5 Å². The zero-order valence-corrected chi connectivity index (χ0v) is 11.8. The molecular weight excluding hydrogens is 296 g/mol. The minimum atomic E-state index is -3.97. The highest BCUT2D eigenvalue weighted by Gasteiger charge is 2.22. The van der Waals surface area contributed by atoms with E-state index < -0.39 is 19.3 Å². The quantitative estimate of drug-likeness (QED) is 0.738. The predicted molar refractivity (Wildman–Crippen MR) is 77.3 cm³/mol. The Morgan fingerprint density at radius 2 is 1.76 bits per heavy atom. The van der Waals surface area contributed by atoms with Gasteiger partial charge in [0.05, 0.1) is 11.7 Å². The summed E-state index contributed by atoms with van der Waals surface area (Å²) in [6.07, 6.45) is -0.271. The number of carboxylic acids is 1. The average Bonchev–Trinajstić information content (AvgIpc) is 2.40. The monoisotopic (exact) mass is 309 g/mol. The van der Waals surface area contributed by atoms with Crippen LogP contribution in [-0.4, -0.2) is 16.0 Å². The van der Waals surface area contributed by atoms with Crippen LogP contribution < -0.4 is 10.4 Å². The van der Waals surface area contributed by atoms with Gasteiger partial charge in [-0.05, 0) is 35.9 Å². The minimum Gasteiger partial charge on any atom is -0.481 e. The molecule has 0 aromatic heterocycles. The van der Waals surface area contributed by atoms with Crippen LogP contribution in [0.3, 0.4) is 0 Å². The molecule has 0 aliphatic carbocycles. The largest absolute Gasteiger partial charge is 0.481 e. The first kappa shape index (κ1) is 15.2. The topological polar surface area (TPSA) is 86.6 Å². The van der Waals surface area contributed by atoms with Crippen molar-refractivity contribution < 1.29 is 23.7 Å². The van der Waals surface area contributed by atoms with E-state index >= 15 is 0 Å². The van der Waals surface area contributed by atoms with Crippen molar-refractivity contribution in [2.45, 2.75) is 6.42 Å². The van der Waals surface area contributed by atoms with Crippen LogP contribution in [0, 0.1) is 5.82 Å². The molecule has 0 fully saturated rings. The molecule has 110 valence electrons. The maximum atomic E-state index is 12.9. The molecule has 0 spiro atoms. The summed E-state index contributed by atoms with van der Waals surface area (Å²) in [7, 11) is -3.97. The molecule has 1 atom stereocenters. The lowest BCUT2D eigenvalue weighted by atomic mass is 10.1. The molecule has 0 saturated carbocycles. The summed E-state index contributed by atoms with van der Waals surface area (Å²) in [5.41, 5.74) is 0.649. The first-order chi connectivity index (χ1) is 9.88. The maximum Gasteiger partial charge on any atom is 0.321 e. The molecule has 0 bridgehead atoms. The highest BCUT2D eigenvalue weighted by Crippen LogP contribution is 2.40. The summed E-state index contributed by atoms with van der Waals surface area (Å²) < 4.78 is 25.2. The van der Waals surface area contributed by atoms with Crippen molar-refractivity contribution in [1.82, 2.24) is 0 Å². The molecular formula is C14H13FNO4P. The van der Waals surface area contributed by atoms with Crippen molar-refractivity contribution in [2.75, 3.05) is 5.09 Å². The molecule has 2 aromatic rings. The molecule has 0 radical (unpaired) electrons. The van der Waals surface area contributed by atoms with E-state index in [1.54, 1.807) is 18.2 Å². The molecule has 5 nitrogen and oxygen atoms in total. The highest BCUT2D eigenvalue weighted by molar-refractivity contribution is 7.67. The molecule has 0 amide bonds. The second kappa shape index (κ2) is 6.08. The van der Waals surface area contributed by atoms with E-state index in [4.69, 9.17) is 5.11 Å². The summed E-state index contributed by atoms with van der Waals surface area (Å²) >= 11 is 0. The van der Waals surface area contributed by atoms with Gasteiger partial charge in [-0.15, -0.1) is 0 Å². The first-order valence-corrected chi connectivity index (χ1v) is 7.71. The van der Waals surface area contributed by atoms with Crippen LogP contribution in [0.2, 0.25) is 0 Å². The fraction of sp³-hybridized carbons (Fsp3) is 0.0714. The van der Waals surface area contributed by atoms with E-state index in [0.717, 1.165) is 12.1 Å². The molecule has 2 rings (SSSR count). The van der Waals surface area contributed by atoms with Gasteiger partial charge in [-0.1, -0.05) is 18.2 Å². The van der Waals surface area contributed by atoms with E-state index in [1.165, 1.54) is 18.2 Å². The molecule has 3 N–H and O–H groups in total. The fourth-order valence-electron chi connectivity index (χ4n) is 1.82. The summed E-state index contributed by atoms with van der Waals surface area (Å²) in [6, 6.07) is 10.9. The van der Waals surface area contributed by atoms with Crippen molar-refractivity contribution >= 4 is 24.5 Å². The number of nitrogens with one attached hydrogen (secondary N) is 1. The lowest BCUT2D eigenvalue weighted by Crippen LogP contribution is -2.13. The Morgan fingerprint density at radius 1 is 1.14 bits per heavy atom. The zero-order chi connectivity index (χ0) is 15.5. The summed E-state index contributed by atoms with van der Waals surface area (Å²) in [5.74, 6) is -1.55. The summed E-state index contributed by atoms with van der Waals surface area (Å²) in [6.45, 7) is 0. The first-order valence-electron chi connectivity index (χ1n) is 6.05. The third-order valence-electron chi connectivity index (χ3n) is 2.81. The molecule has 0 saturated heterocycles. The maximum absolute atomic E-state index is 12.9. The number of carboxylic acid groups (broad SMARTS) is 1. The van der Waals surface area contributed by atoms with Gasteiger partial charge < -0.3 is 15.1 Å². The number of rotatable bonds is 5. The number of benzene rings is 2. The average molecular weight is 309 g/mol. The number of aliphatic carboxylic acids is 1.